The van der Waals surface area contributed by atoms with E-state index in [9.17, 15) is 9.59 Å². The second kappa shape index (κ2) is 8.19. The van der Waals surface area contributed by atoms with Crippen LogP contribution in [0.15, 0.2) is 41.2 Å². The normalized spacial score (nSPS) is 11.0. The number of anilines is 1. The van der Waals surface area contributed by atoms with Gasteiger partial charge in [-0.25, -0.2) is 0 Å². The smallest absolute Gasteiger partial charge is 0.234 e. The highest BCUT2D eigenvalue weighted by atomic mass is 35.5. The van der Waals surface area contributed by atoms with Crippen molar-refractivity contribution in [3.05, 3.63) is 74.0 Å². The summed E-state index contributed by atoms with van der Waals surface area (Å²) in [5.74, 6) is 0.749. The monoisotopic (exact) mass is 400 g/mol. The second-order valence-electron chi connectivity index (χ2n) is 6.62. The standard InChI is InChI=1S/C21H21ClN2O2S/c1-12-7-13(2)21-18(8-12)23-15(9-19(21)25)10-27-11-20(26)24-17-6-4-5-16(22)14(17)3/h4-9H,10-11H2,1-3H3,(H,23,25)(H,24,26). The lowest BCUT2D eigenvalue weighted by Crippen LogP contribution is -2.15. The minimum Gasteiger partial charge on any atom is -0.357 e. The van der Waals surface area contributed by atoms with Crippen molar-refractivity contribution in [2.45, 2.75) is 26.5 Å². The van der Waals surface area contributed by atoms with Crippen molar-refractivity contribution in [2.75, 3.05) is 11.1 Å². The third-order valence-electron chi connectivity index (χ3n) is 4.36. The number of pyridine rings is 1. The molecule has 0 unspecified atom stereocenters. The van der Waals surface area contributed by atoms with E-state index in [1.807, 2.05) is 45.0 Å². The van der Waals surface area contributed by atoms with Crippen LogP contribution in [-0.4, -0.2) is 16.6 Å². The van der Waals surface area contributed by atoms with Crippen LogP contribution >= 0.6 is 23.4 Å². The van der Waals surface area contributed by atoms with Crippen LogP contribution in [0.1, 0.15) is 22.4 Å². The van der Waals surface area contributed by atoms with Crippen LogP contribution < -0.4 is 10.7 Å². The highest BCUT2D eigenvalue weighted by Gasteiger charge is 2.09. The molecule has 0 aliphatic carbocycles. The third-order valence-corrected chi connectivity index (χ3v) is 5.75. The Morgan fingerprint density at radius 1 is 1.19 bits per heavy atom. The number of fused-ring (bicyclic) bond motifs is 1. The van der Waals surface area contributed by atoms with Gasteiger partial charge in [0.15, 0.2) is 5.43 Å². The van der Waals surface area contributed by atoms with Crippen LogP contribution in [0.25, 0.3) is 10.9 Å². The van der Waals surface area contributed by atoms with Gasteiger partial charge in [-0.1, -0.05) is 23.7 Å². The average Bonchev–Trinajstić information content (AvgIpc) is 2.58. The minimum absolute atomic E-state index is 0.0100. The summed E-state index contributed by atoms with van der Waals surface area (Å²) in [5.41, 5.74) is 5.32. The van der Waals surface area contributed by atoms with Crippen molar-refractivity contribution in [2.24, 2.45) is 0 Å². The Bertz CT molecular complexity index is 1080. The molecular weight excluding hydrogens is 380 g/mol. The Balaban J connectivity index is 1.66. The van der Waals surface area contributed by atoms with Gasteiger partial charge in [-0.05, 0) is 55.7 Å². The summed E-state index contributed by atoms with van der Waals surface area (Å²) in [4.78, 5) is 27.9. The molecule has 140 valence electrons. The molecule has 2 aromatic carbocycles. The predicted octanol–water partition coefficient (Wildman–Crippen LogP) is 4.98. The Morgan fingerprint density at radius 3 is 2.74 bits per heavy atom. The zero-order valence-electron chi connectivity index (χ0n) is 15.5. The summed E-state index contributed by atoms with van der Waals surface area (Å²) >= 11 is 7.53. The molecule has 6 heteroatoms. The van der Waals surface area contributed by atoms with Gasteiger partial charge in [-0.2, -0.15) is 0 Å². The summed E-state index contributed by atoms with van der Waals surface area (Å²) in [7, 11) is 0. The third kappa shape index (κ3) is 4.54. The van der Waals surface area contributed by atoms with Crippen LogP contribution in [-0.2, 0) is 10.5 Å². The van der Waals surface area contributed by atoms with Crippen molar-refractivity contribution >= 4 is 45.9 Å². The van der Waals surface area contributed by atoms with E-state index in [0.29, 0.717) is 16.5 Å². The number of rotatable bonds is 5. The molecule has 4 nitrogen and oxygen atoms in total. The predicted molar refractivity (Wildman–Crippen MR) is 115 cm³/mol. The molecule has 0 bridgehead atoms. The van der Waals surface area contributed by atoms with Gasteiger partial charge in [-0.3, -0.25) is 9.59 Å². The zero-order chi connectivity index (χ0) is 19.6. The van der Waals surface area contributed by atoms with E-state index >= 15 is 0 Å². The number of amides is 1. The van der Waals surface area contributed by atoms with Crippen LogP contribution in [0.2, 0.25) is 5.02 Å². The molecule has 0 saturated carbocycles. The molecule has 0 aliphatic heterocycles. The molecule has 3 rings (SSSR count). The molecule has 1 heterocycles. The Hall–Kier alpha value is -2.24. The molecule has 0 saturated heterocycles. The number of thioether (sulfide) groups is 1. The molecule has 3 aromatic rings. The number of nitrogens with one attached hydrogen (secondary N) is 2. The minimum atomic E-state index is -0.0970. The molecule has 0 aliphatic rings. The maximum absolute atomic E-state index is 12.4. The van der Waals surface area contributed by atoms with E-state index in [1.165, 1.54) is 11.8 Å². The van der Waals surface area contributed by atoms with Gasteiger partial charge in [0.2, 0.25) is 5.91 Å². The number of H-pyrrole nitrogens is 1. The van der Waals surface area contributed by atoms with E-state index in [2.05, 4.69) is 10.3 Å². The SMILES string of the molecule is Cc1cc(C)c2c(=O)cc(CSCC(=O)Nc3cccc(Cl)c3C)[nH]c2c1. The summed E-state index contributed by atoms with van der Waals surface area (Å²) in [6.45, 7) is 5.82. The quantitative estimate of drug-likeness (QED) is 0.635. The van der Waals surface area contributed by atoms with Gasteiger partial charge in [-0.15, -0.1) is 11.8 Å². The molecule has 27 heavy (non-hydrogen) atoms. The molecule has 0 fully saturated rings. The average molecular weight is 401 g/mol. The first-order chi connectivity index (χ1) is 12.8. The topological polar surface area (TPSA) is 62.0 Å². The molecular formula is C21H21ClN2O2S. The van der Waals surface area contributed by atoms with Crippen LogP contribution in [0.3, 0.4) is 0 Å². The molecule has 0 spiro atoms. The lowest BCUT2D eigenvalue weighted by molar-refractivity contribution is -0.113. The molecule has 0 radical (unpaired) electrons. The lowest BCUT2D eigenvalue weighted by atomic mass is 10.1. The fraction of sp³-hybridized carbons (Fsp3) is 0.238. The number of benzene rings is 2. The van der Waals surface area contributed by atoms with Crippen molar-refractivity contribution in [1.82, 2.24) is 4.98 Å². The Morgan fingerprint density at radius 2 is 1.96 bits per heavy atom. The summed E-state index contributed by atoms with van der Waals surface area (Å²) in [5, 5.41) is 4.23. The van der Waals surface area contributed by atoms with Crippen molar-refractivity contribution in [3.8, 4) is 0 Å². The number of carbonyl (C=O) groups is 1. The van der Waals surface area contributed by atoms with Crippen molar-refractivity contribution < 1.29 is 4.79 Å². The van der Waals surface area contributed by atoms with E-state index in [4.69, 9.17) is 11.6 Å². The van der Waals surface area contributed by atoms with Gasteiger partial charge in [0.05, 0.1) is 11.3 Å². The lowest BCUT2D eigenvalue weighted by Gasteiger charge is -2.10. The number of aromatic amines is 1. The number of halogens is 1. The van der Waals surface area contributed by atoms with Gasteiger partial charge in [0, 0.05) is 33.6 Å². The zero-order valence-corrected chi connectivity index (χ0v) is 17.1. The highest BCUT2D eigenvalue weighted by Crippen LogP contribution is 2.23. The van der Waals surface area contributed by atoms with Gasteiger partial charge < -0.3 is 10.3 Å². The van der Waals surface area contributed by atoms with Gasteiger partial charge >= 0.3 is 0 Å². The molecule has 2 N–H and O–H groups in total. The summed E-state index contributed by atoms with van der Waals surface area (Å²) in [6.07, 6.45) is 0. The van der Waals surface area contributed by atoms with Crippen molar-refractivity contribution in [1.29, 1.82) is 0 Å². The van der Waals surface area contributed by atoms with Gasteiger partial charge in [0.1, 0.15) is 0 Å². The van der Waals surface area contributed by atoms with Gasteiger partial charge in [0.25, 0.3) is 0 Å². The van der Waals surface area contributed by atoms with Crippen molar-refractivity contribution in [3.63, 3.8) is 0 Å². The van der Waals surface area contributed by atoms with Crippen LogP contribution in [0.5, 0.6) is 0 Å². The van der Waals surface area contributed by atoms with E-state index in [0.717, 1.165) is 39.0 Å². The second-order valence-corrected chi connectivity index (χ2v) is 8.01. The van der Waals surface area contributed by atoms with E-state index in [1.54, 1.807) is 12.1 Å². The first-order valence-corrected chi connectivity index (χ1v) is 10.1. The summed E-state index contributed by atoms with van der Waals surface area (Å²) < 4.78 is 0. The Labute approximate surface area is 167 Å². The number of carbonyl (C=O) groups excluding carboxylic acids is 1. The molecule has 1 amide bonds. The number of hydrogen-bond donors (Lipinski definition) is 2. The van der Waals surface area contributed by atoms with E-state index in [-0.39, 0.29) is 11.3 Å². The summed E-state index contributed by atoms with van der Waals surface area (Å²) in [6, 6.07) is 11.0. The largest absolute Gasteiger partial charge is 0.357 e. The highest BCUT2D eigenvalue weighted by molar-refractivity contribution is 7.99. The van der Waals surface area contributed by atoms with E-state index < -0.39 is 0 Å². The number of aryl methyl sites for hydroxylation is 2. The molecule has 1 aromatic heterocycles. The number of hydrogen-bond acceptors (Lipinski definition) is 3. The van der Waals surface area contributed by atoms with Crippen LogP contribution in [0.4, 0.5) is 5.69 Å². The molecule has 0 atom stereocenters. The fourth-order valence-electron chi connectivity index (χ4n) is 3.09. The maximum Gasteiger partial charge on any atom is 0.234 e. The number of aromatic nitrogens is 1. The first kappa shape index (κ1) is 19.5. The Kier molecular flexibility index (Phi) is 5.92. The van der Waals surface area contributed by atoms with Crippen LogP contribution in [0, 0.1) is 20.8 Å². The maximum atomic E-state index is 12.4. The fourth-order valence-corrected chi connectivity index (χ4v) is 4.00. The first-order valence-electron chi connectivity index (χ1n) is 8.61.